The Kier molecular flexibility index (Phi) is 10.0. The van der Waals surface area contributed by atoms with Gasteiger partial charge in [0.1, 0.15) is 0 Å². The molecule has 1 N–H and O–H groups in total. The summed E-state index contributed by atoms with van der Waals surface area (Å²) in [5, 5.41) is 4.87. The van der Waals surface area contributed by atoms with E-state index in [1.807, 2.05) is 0 Å². The Bertz CT molecular complexity index is 1240. The third-order valence-electron chi connectivity index (χ3n) is 8.50. The minimum Gasteiger partial charge on any atom is -0.383 e. The standard InChI is InChI=1S/C33H49N7/c1-36(2)18-13-34-33-24-32(35-31-10-6-5-9-30(31)33)27-11-12-28(25-39-16-7-14-37(3)19-21-39)29(23-27)26-40-17-8-15-38(4)20-22-40/h5-6,9-12,23-24H,7-8,13-22,25-26H2,1-4H3,(H,34,35). The van der Waals surface area contributed by atoms with E-state index in [-0.39, 0.29) is 0 Å². The van der Waals surface area contributed by atoms with E-state index in [1.54, 1.807) is 0 Å². The maximum Gasteiger partial charge on any atom is 0.0730 e. The summed E-state index contributed by atoms with van der Waals surface area (Å²) < 4.78 is 0. The summed E-state index contributed by atoms with van der Waals surface area (Å²) in [5.41, 5.74) is 7.39. The van der Waals surface area contributed by atoms with Gasteiger partial charge in [-0.15, -0.1) is 0 Å². The second-order valence-corrected chi connectivity index (χ2v) is 12.2. The van der Waals surface area contributed by atoms with Crippen molar-refractivity contribution in [3.05, 3.63) is 59.7 Å². The molecule has 1 aromatic heterocycles. The van der Waals surface area contributed by atoms with E-state index >= 15 is 0 Å². The minimum atomic E-state index is 0.902. The van der Waals surface area contributed by atoms with Crippen molar-refractivity contribution < 1.29 is 0 Å². The van der Waals surface area contributed by atoms with Crippen molar-refractivity contribution in [2.24, 2.45) is 0 Å². The number of para-hydroxylation sites is 1. The molecule has 0 bridgehead atoms. The summed E-state index contributed by atoms with van der Waals surface area (Å²) in [6.45, 7) is 13.2. The molecule has 2 aliphatic heterocycles. The van der Waals surface area contributed by atoms with E-state index in [4.69, 9.17) is 4.98 Å². The zero-order chi connectivity index (χ0) is 27.9. The van der Waals surface area contributed by atoms with Crippen LogP contribution in [0.25, 0.3) is 22.2 Å². The van der Waals surface area contributed by atoms with E-state index in [9.17, 15) is 0 Å². The van der Waals surface area contributed by atoms with Gasteiger partial charge in [-0.2, -0.15) is 0 Å². The second kappa shape index (κ2) is 13.9. The molecule has 0 amide bonds. The summed E-state index contributed by atoms with van der Waals surface area (Å²) in [6.07, 6.45) is 2.48. The SMILES string of the molecule is CN(C)CCNc1cc(-c2ccc(CN3CCCN(C)CC3)c(CN3CCCN(C)CC3)c2)nc2ccccc12. The minimum absolute atomic E-state index is 0.902. The lowest BCUT2D eigenvalue weighted by Gasteiger charge is -2.25. The van der Waals surface area contributed by atoms with Crippen molar-refractivity contribution in [1.82, 2.24) is 29.5 Å². The van der Waals surface area contributed by atoms with Gasteiger partial charge in [-0.1, -0.05) is 30.3 Å². The topological polar surface area (TPSA) is 41.1 Å². The van der Waals surface area contributed by atoms with Crippen molar-refractivity contribution in [1.29, 1.82) is 0 Å². The Morgan fingerprint density at radius 2 is 1.43 bits per heavy atom. The predicted octanol–water partition coefficient (Wildman–Crippen LogP) is 4.15. The molecule has 2 aromatic carbocycles. The molecule has 2 fully saturated rings. The van der Waals surface area contributed by atoms with Gasteiger partial charge in [-0.05, 0) is 96.5 Å². The first-order valence-electron chi connectivity index (χ1n) is 15.2. The number of rotatable bonds is 9. The third kappa shape index (κ3) is 7.80. The number of hydrogen-bond acceptors (Lipinski definition) is 7. The molecule has 0 spiro atoms. The fraction of sp³-hybridized carbons (Fsp3) is 0.545. The molecule has 0 radical (unpaired) electrons. The highest BCUT2D eigenvalue weighted by atomic mass is 15.2. The lowest BCUT2D eigenvalue weighted by atomic mass is 9.99. The van der Waals surface area contributed by atoms with Crippen molar-refractivity contribution in [2.75, 3.05) is 99.0 Å². The van der Waals surface area contributed by atoms with Crippen LogP contribution in [0.5, 0.6) is 0 Å². The summed E-state index contributed by atoms with van der Waals surface area (Å²) in [4.78, 5) is 17.6. The maximum absolute atomic E-state index is 5.14. The number of likely N-dealkylation sites (N-methyl/N-ethyl adjacent to an activating group) is 3. The Hall–Kier alpha value is -2.55. The van der Waals surface area contributed by atoms with Gasteiger partial charge in [0, 0.05) is 69.0 Å². The second-order valence-electron chi connectivity index (χ2n) is 12.2. The van der Waals surface area contributed by atoms with Crippen molar-refractivity contribution in [2.45, 2.75) is 25.9 Å². The highest BCUT2D eigenvalue weighted by molar-refractivity contribution is 5.93. The Labute approximate surface area is 241 Å². The average molecular weight is 544 g/mol. The third-order valence-corrected chi connectivity index (χ3v) is 8.50. The van der Waals surface area contributed by atoms with Crippen LogP contribution in [0.4, 0.5) is 5.69 Å². The molecule has 3 heterocycles. The molecule has 0 saturated carbocycles. The Morgan fingerprint density at radius 3 is 2.12 bits per heavy atom. The van der Waals surface area contributed by atoms with Gasteiger partial charge in [0.05, 0.1) is 11.2 Å². The summed E-state index contributed by atoms with van der Waals surface area (Å²) in [7, 11) is 8.74. The van der Waals surface area contributed by atoms with Crippen LogP contribution in [0.1, 0.15) is 24.0 Å². The first-order chi connectivity index (χ1) is 19.4. The number of aromatic nitrogens is 1. The summed E-state index contributed by atoms with van der Waals surface area (Å²) in [6, 6.07) is 17.9. The van der Waals surface area contributed by atoms with E-state index in [0.717, 1.165) is 75.8 Å². The lowest BCUT2D eigenvalue weighted by molar-refractivity contribution is 0.257. The number of fused-ring (bicyclic) bond motifs is 1. The van der Waals surface area contributed by atoms with Crippen LogP contribution < -0.4 is 5.32 Å². The zero-order valence-electron chi connectivity index (χ0n) is 25.2. The molecule has 216 valence electrons. The first kappa shape index (κ1) is 29.0. The summed E-state index contributed by atoms with van der Waals surface area (Å²) in [5.74, 6) is 0. The Balaban J connectivity index is 1.46. The number of nitrogens with one attached hydrogen (secondary N) is 1. The first-order valence-corrected chi connectivity index (χ1v) is 15.2. The molecule has 5 rings (SSSR count). The van der Waals surface area contributed by atoms with Crippen molar-refractivity contribution in [3.8, 4) is 11.3 Å². The van der Waals surface area contributed by atoms with E-state index in [1.165, 1.54) is 54.6 Å². The zero-order valence-corrected chi connectivity index (χ0v) is 25.2. The largest absolute Gasteiger partial charge is 0.383 e. The molecular weight excluding hydrogens is 494 g/mol. The molecule has 0 atom stereocenters. The maximum atomic E-state index is 5.14. The van der Waals surface area contributed by atoms with Gasteiger partial charge >= 0.3 is 0 Å². The van der Waals surface area contributed by atoms with E-state index < -0.39 is 0 Å². The van der Waals surface area contributed by atoms with Crippen molar-refractivity contribution >= 4 is 16.6 Å². The normalized spacial score (nSPS) is 18.7. The molecule has 40 heavy (non-hydrogen) atoms. The van der Waals surface area contributed by atoms with Crippen LogP contribution in [-0.4, -0.2) is 123 Å². The predicted molar refractivity (Wildman–Crippen MR) is 169 cm³/mol. The molecule has 2 aliphatic rings. The van der Waals surface area contributed by atoms with Crippen LogP contribution in [0, 0.1) is 0 Å². The number of anilines is 1. The Morgan fingerprint density at radius 1 is 0.750 bits per heavy atom. The van der Waals surface area contributed by atoms with Gasteiger partial charge < -0.3 is 20.0 Å². The van der Waals surface area contributed by atoms with Gasteiger partial charge in [-0.25, -0.2) is 4.98 Å². The molecular formula is C33H49N7. The molecule has 7 heteroatoms. The average Bonchev–Trinajstić information content (AvgIpc) is 3.28. The van der Waals surface area contributed by atoms with Crippen LogP contribution in [0.15, 0.2) is 48.5 Å². The van der Waals surface area contributed by atoms with Gasteiger partial charge in [0.25, 0.3) is 0 Å². The number of hydrogen-bond donors (Lipinski definition) is 1. The molecule has 7 nitrogen and oxygen atoms in total. The monoisotopic (exact) mass is 543 g/mol. The lowest BCUT2D eigenvalue weighted by Crippen LogP contribution is -2.31. The van der Waals surface area contributed by atoms with E-state index in [0.29, 0.717) is 0 Å². The highest BCUT2D eigenvalue weighted by Crippen LogP contribution is 2.30. The molecule has 2 saturated heterocycles. The number of pyridine rings is 1. The van der Waals surface area contributed by atoms with Gasteiger partial charge in [-0.3, -0.25) is 9.80 Å². The van der Waals surface area contributed by atoms with Gasteiger partial charge in [0.15, 0.2) is 0 Å². The van der Waals surface area contributed by atoms with Crippen LogP contribution in [0.3, 0.4) is 0 Å². The van der Waals surface area contributed by atoms with Gasteiger partial charge in [0.2, 0.25) is 0 Å². The van der Waals surface area contributed by atoms with Crippen LogP contribution >= 0.6 is 0 Å². The highest BCUT2D eigenvalue weighted by Gasteiger charge is 2.18. The molecule has 0 unspecified atom stereocenters. The molecule has 0 aliphatic carbocycles. The quantitative estimate of drug-likeness (QED) is 0.435. The fourth-order valence-corrected chi connectivity index (χ4v) is 5.97. The van der Waals surface area contributed by atoms with E-state index in [2.05, 4.69) is 107 Å². The molecule has 3 aromatic rings. The number of nitrogens with zero attached hydrogens (tertiary/aromatic N) is 6. The fourth-order valence-electron chi connectivity index (χ4n) is 5.97. The van der Waals surface area contributed by atoms with Crippen molar-refractivity contribution in [3.63, 3.8) is 0 Å². The summed E-state index contributed by atoms with van der Waals surface area (Å²) >= 11 is 0. The van der Waals surface area contributed by atoms with Crippen LogP contribution in [-0.2, 0) is 13.1 Å². The van der Waals surface area contributed by atoms with Crippen LogP contribution in [0.2, 0.25) is 0 Å². The number of benzene rings is 2. The smallest absolute Gasteiger partial charge is 0.0730 e.